The van der Waals surface area contributed by atoms with Crippen LogP contribution in [0.4, 0.5) is 0 Å². The molecule has 1 unspecified atom stereocenters. The third-order valence-electron chi connectivity index (χ3n) is 2.38. The van der Waals surface area contributed by atoms with Gasteiger partial charge >= 0.3 is 8.80 Å². The molecular weight excluding hydrogens is 252 g/mol. The van der Waals surface area contributed by atoms with Gasteiger partial charge in [0.15, 0.2) is 0 Å². The van der Waals surface area contributed by atoms with Crippen LogP contribution >= 0.6 is 0 Å². The van der Waals surface area contributed by atoms with Gasteiger partial charge in [-0.3, -0.25) is 0 Å². The summed E-state index contributed by atoms with van der Waals surface area (Å²) in [5.41, 5.74) is 1.00. The maximum Gasteiger partial charge on any atom is 0.500 e. The fraction of sp³-hybridized carbons (Fsp3) is 0.833. The van der Waals surface area contributed by atoms with Crippen LogP contribution in [0.5, 0.6) is 0 Å². The van der Waals surface area contributed by atoms with Crippen molar-refractivity contribution in [2.45, 2.75) is 19.9 Å². The third-order valence-corrected chi connectivity index (χ3v) is 5.47. The number of rotatable bonds is 11. The zero-order valence-electron chi connectivity index (χ0n) is 11.9. The Balaban J connectivity index is 4.17. The summed E-state index contributed by atoms with van der Waals surface area (Å²) in [6.07, 6.45) is 0. The molecule has 0 aliphatic heterocycles. The van der Waals surface area contributed by atoms with Crippen LogP contribution in [0.25, 0.3) is 0 Å². The maximum atomic E-state index is 8.81. The van der Waals surface area contributed by atoms with Crippen molar-refractivity contribution in [1.82, 2.24) is 0 Å². The van der Waals surface area contributed by atoms with Gasteiger partial charge in [0.05, 0.1) is 19.8 Å². The second kappa shape index (κ2) is 9.66. The second-order valence-electron chi connectivity index (χ2n) is 4.44. The summed E-state index contributed by atoms with van der Waals surface area (Å²) < 4.78 is 21.8. The van der Waals surface area contributed by atoms with Crippen LogP contribution in [0.2, 0.25) is 6.04 Å². The van der Waals surface area contributed by atoms with E-state index in [1.54, 1.807) is 14.2 Å². The van der Waals surface area contributed by atoms with Gasteiger partial charge in [0, 0.05) is 26.9 Å². The van der Waals surface area contributed by atoms with E-state index >= 15 is 0 Å². The van der Waals surface area contributed by atoms with E-state index in [1.165, 1.54) is 0 Å². The molecule has 0 bridgehead atoms. The first-order valence-corrected chi connectivity index (χ1v) is 8.00. The Morgan fingerprint density at radius 3 is 2.39 bits per heavy atom. The van der Waals surface area contributed by atoms with Crippen LogP contribution in [0, 0.1) is 5.92 Å². The highest BCUT2D eigenvalue weighted by molar-refractivity contribution is 6.60. The molecule has 1 N–H and O–H groups in total. The molecule has 0 aliphatic rings. The van der Waals surface area contributed by atoms with Crippen LogP contribution in [-0.4, -0.2) is 54.6 Å². The highest BCUT2D eigenvalue weighted by Crippen LogP contribution is 2.20. The molecule has 108 valence electrons. The summed E-state index contributed by atoms with van der Waals surface area (Å²) in [4.78, 5) is 0. The number of hydrogen-bond acceptors (Lipinski definition) is 5. The summed E-state index contributed by atoms with van der Waals surface area (Å²) in [5.74, 6) is 0.259. The van der Waals surface area contributed by atoms with E-state index in [4.69, 9.17) is 23.1 Å². The quantitative estimate of drug-likeness (QED) is 0.458. The Morgan fingerprint density at radius 1 is 1.33 bits per heavy atom. The largest absolute Gasteiger partial charge is 0.500 e. The van der Waals surface area contributed by atoms with E-state index in [9.17, 15) is 0 Å². The monoisotopic (exact) mass is 278 g/mol. The van der Waals surface area contributed by atoms with E-state index in [-0.39, 0.29) is 19.1 Å². The lowest BCUT2D eigenvalue weighted by Crippen LogP contribution is -2.46. The smallest absolute Gasteiger partial charge is 0.394 e. The average Bonchev–Trinajstić information content (AvgIpc) is 2.34. The Hall–Kier alpha value is -0.243. The molecular formula is C12H26O5Si. The maximum absolute atomic E-state index is 8.81. The van der Waals surface area contributed by atoms with Crippen LogP contribution < -0.4 is 0 Å². The minimum absolute atomic E-state index is 0.0397. The Bertz CT molecular complexity index is 231. The molecule has 18 heavy (non-hydrogen) atoms. The Morgan fingerprint density at radius 2 is 1.94 bits per heavy atom. The van der Waals surface area contributed by atoms with Crippen LogP contribution in [-0.2, 0) is 18.0 Å². The molecule has 0 fully saturated rings. The molecule has 0 rings (SSSR count). The molecule has 0 aromatic heterocycles. The number of aliphatic hydroxyl groups is 1. The van der Waals surface area contributed by atoms with Crippen LogP contribution in [0.1, 0.15) is 13.8 Å². The number of hydrogen-bond donors (Lipinski definition) is 1. The predicted octanol–water partition coefficient (Wildman–Crippen LogP) is 1.46. The van der Waals surface area contributed by atoms with Gasteiger partial charge in [0.1, 0.15) is 0 Å². The Labute approximate surface area is 111 Å². The van der Waals surface area contributed by atoms with Crippen molar-refractivity contribution >= 4 is 8.80 Å². The summed E-state index contributed by atoms with van der Waals surface area (Å²) in [6, 6.07) is 0.663. The Kier molecular flexibility index (Phi) is 9.53. The van der Waals surface area contributed by atoms with E-state index < -0.39 is 8.80 Å². The summed E-state index contributed by atoms with van der Waals surface area (Å²) in [5, 5.41) is 8.81. The normalized spacial score (nSPS) is 13.6. The molecule has 0 spiro atoms. The molecule has 6 heteroatoms. The molecule has 0 aromatic rings. The average molecular weight is 278 g/mol. The third kappa shape index (κ3) is 7.25. The van der Waals surface area contributed by atoms with Crippen molar-refractivity contribution in [1.29, 1.82) is 0 Å². The van der Waals surface area contributed by atoms with Crippen LogP contribution in [0.3, 0.4) is 0 Å². The highest BCUT2D eigenvalue weighted by atomic mass is 28.4. The SMILES string of the molecule is C=C(C)COCC(C)C[Si](OC)(OC)OCCO. The highest BCUT2D eigenvalue weighted by Gasteiger charge is 2.40. The molecule has 0 aromatic carbocycles. The fourth-order valence-electron chi connectivity index (χ4n) is 1.55. The number of ether oxygens (including phenoxy) is 1. The van der Waals surface area contributed by atoms with Gasteiger partial charge in [0.25, 0.3) is 0 Å². The molecule has 5 nitrogen and oxygen atoms in total. The summed E-state index contributed by atoms with van der Waals surface area (Å²) in [6.45, 7) is 9.13. The van der Waals surface area contributed by atoms with Gasteiger partial charge in [-0.05, 0) is 12.8 Å². The first-order valence-electron chi connectivity index (χ1n) is 6.07. The van der Waals surface area contributed by atoms with Crippen molar-refractivity contribution in [2.24, 2.45) is 5.92 Å². The van der Waals surface area contributed by atoms with Gasteiger partial charge in [-0.15, -0.1) is 0 Å². The molecule has 0 heterocycles. The fourth-order valence-corrected chi connectivity index (χ4v) is 3.78. The van der Waals surface area contributed by atoms with Gasteiger partial charge < -0.3 is 23.1 Å². The first kappa shape index (κ1) is 17.8. The lowest BCUT2D eigenvalue weighted by atomic mass is 10.2. The second-order valence-corrected chi connectivity index (χ2v) is 7.32. The van der Waals surface area contributed by atoms with E-state index in [0.29, 0.717) is 19.3 Å². The molecule has 0 amide bonds. The first-order chi connectivity index (χ1) is 8.49. The zero-order chi connectivity index (χ0) is 14.0. The molecule has 0 saturated carbocycles. The van der Waals surface area contributed by atoms with Gasteiger partial charge in [-0.25, -0.2) is 0 Å². The standard InChI is InChI=1S/C12H26O5Si/c1-11(2)8-16-9-12(3)10-18(14-4,15-5)17-7-6-13/h12-13H,1,6-10H2,2-5H3. The predicted molar refractivity (Wildman–Crippen MR) is 72.4 cm³/mol. The van der Waals surface area contributed by atoms with Crippen molar-refractivity contribution in [3.63, 3.8) is 0 Å². The molecule has 1 atom stereocenters. The summed E-state index contributed by atoms with van der Waals surface area (Å²) in [7, 11) is 0.489. The van der Waals surface area contributed by atoms with Crippen molar-refractivity contribution in [2.75, 3.05) is 40.6 Å². The molecule has 0 aliphatic carbocycles. The van der Waals surface area contributed by atoms with Gasteiger partial charge in [-0.1, -0.05) is 19.1 Å². The van der Waals surface area contributed by atoms with Crippen molar-refractivity contribution < 1.29 is 23.1 Å². The van der Waals surface area contributed by atoms with E-state index in [0.717, 1.165) is 5.57 Å². The van der Waals surface area contributed by atoms with E-state index in [2.05, 4.69) is 13.5 Å². The zero-order valence-corrected chi connectivity index (χ0v) is 12.9. The molecule has 0 saturated heterocycles. The van der Waals surface area contributed by atoms with E-state index in [1.807, 2.05) is 6.92 Å². The lowest BCUT2D eigenvalue weighted by molar-refractivity contribution is 0.0665. The summed E-state index contributed by atoms with van der Waals surface area (Å²) >= 11 is 0. The van der Waals surface area contributed by atoms with Gasteiger partial charge in [-0.2, -0.15) is 0 Å². The van der Waals surface area contributed by atoms with Crippen molar-refractivity contribution in [3.8, 4) is 0 Å². The topological polar surface area (TPSA) is 57.2 Å². The van der Waals surface area contributed by atoms with Crippen molar-refractivity contribution in [3.05, 3.63) is 12.2 Å². The molecule has 0 radical (unpaired) electrons. The van der Waals surface area contributed by atoms with Crippen LogP contribution in [0.15, 0.2) is 12.2 Å². The van der Waals surface area contributed by atoms with Gasteiger partial charge in [0.2, 0.25) is 0 Å². The minimum Gasteiger partial charge on any atom is -0.394 e. The minimum atomic E-state index is -2.67. The lowest BCUT2D eigenvalue weighted by Gasteiger charge is -2.28. The number of aliphatic hydroxyl groups excluding tert-OH is 1.